The molecule has 1 N–H and O–H groups in total. The highest BCUT2D eigenvalue weighted by Crippen LogP contribution is 2.56. The quantitative estimate of drug-likeness (QED) is 0.118. The first-order chi connectivity index (χ1) is 18.2. The van der Waals surface area contributed by atoms with Gasteiger partial charge in [0.2, 0.25) is 13.6 Å². The Morgan fingerprint density at radius 3 is 2.15 bits per heavy atom. The van der Waals surface area contributed by atoms with E-state index in [2.05, 4.69) is 0 Å². The number of ether oxygens (including phenoxy) is 3. The molecule has 0 aliphatic rings. The van der Waals surface area contributed by atoms with E-state index in [0.29, 0.717) is 17.9 Å². The number of carbonyl (C=O) groups is 2. The Balaban J connectivity index is 2.14. The second kappa shape index (κ2) is 14.6. The van der Waals surface area contributed by atoms with Crippen LogP contribution in [0.5, 0.6) is 11.5 Å². The van der Waals surface area contributed by atoms with Crippen molar-refractivity contribution in [2.45, 2.75) is 58.4 Å². The summed E-state index contributed by atoms with van der Waals surface area (Å²) in [7, 11) is -9.70. The van der Waals surface area contributed by atoms with Crippen LogP contribution in [-0.2, 0) is 49.2 Å². The van der Waals surface area contributed by atoms with Gasteiger partial charge in [0.05, 0.1) is 5.41 Å². The van der Waals surface area contributed by atoms with Gasteiger partial charge in [0.15, 0.2) is 4.99 Å². The molecule has 2 aromatic carbocycles. The minimum atomic E-state index is -4.98. The van der Waals surface area contributed by atoms with Crippen LogP contribution in [0.4, 0.5) is 0 Å². The summed E-state index contributed by atoms with van der Waals surface area (Å²) in [4.78, 5) is 21.5. The average Bonchev–Trinajstić information content (AvgIpc) is 2.86. The molecule has 0 fully saturated rings. The summed E-state index contributed by atoms with van der Waals surface area (Å²) >= 11 is 0. The summed E-state index contributed by atoms with van der Waals surface area (Å²) in [5.74, 6) is -0.178. The highest BCUT2D eigenvalue weighted by atomic mass is 32.2. The summed E-state index contributed by atoms with van der Waals surface area (Å²) in [6.07, 6.45) is 0.135. The molecule has 0 aliphatic heterocycles. The topological polar surface area (TPSA) is 152 Å². The van der Waals surface area contributed by atoms with Crippen LogP contribution in [-0.4, -0.2) is 43.5 Å². The molecule has 2 rings (SSSR count). The van der Waals surface area contributed by atoms with Crippen LogP contribution < -0.4 is 4.74 Å². The van der Waals surface area contributed by atoms with E-state index in [9.17, 15) is 27.1 Å². The zero-order valence-corrected chi connectivity index (χ0v) is 24.1. The number of hydrogen-bond acceptors (Lipinski definition) is 10. The normalized spacial score (nSPS) is 14.2. The smallest absolute Gasteiger partial charge is 0.357 e. The van der Waals surface area contributed by atoms with Gasteiger partial charge in [0, 0.05) is 6.42 Å². The highest BCUT2D eigenvalue weighted by molar-refractivity contribution is 7.94. The summed E-state index contributed by atoms with van der Waals surface area (Å²) in [6, 6.07) is 16.3. The molecule has 0 radical (unpaired) electrons. The van der Waals surface area contributed by atoms with Gasteiger partial charge in [-0.3, -0.25) is 27.8 Å². The lowest BCUT2D eigenvalue weighted by molar-refractivity contribution is -0.160. The van der Waals surface area contributed by atoms with E-state index in [1.807, 2.05) is 24.3 Å². The van der Waals surface area contributed by atoms with Crippen LogP contribution in [0.1, 0.15) is 52.5 Å². The zero-order valence-electron chi connectivity index (χ0n) is 22.4. The molecule has 0 aromatic heterocycles. The van der Waals surface area contributed by atoms with Crippen molar-refractivity contribution < 1.29 is 50.4 Å². The van der Waals surface area contributed by atoms with Gasteiger partial charge in [-0.15, -0.1) is 0 Å². The van der Waals surface area contributed by atoms with E-state index in [4.69, 9.17) is 23.3 Å². The second-order valence-electron chi connectivity index (χ2n) is 9.51. The lowest BCUT2D eigenvalue weighted by Crippen LogP contribution is -2.27. The largest absolute Gasteiger partial charge is 0.457 e. The molecule has 2 unspecified atom stereocenters. The first-order valence-electron chi connectivity index (χ1n) is 12.2. The molecule has 13 heteroatoms. The lowest BCUT2D eigenvalue weighted by atomic mass is 9.98. The number of aryl methyl sites for hydroxylation is 1. The standard InChI is InChI=1S/C26H35O11PS/c1-5-23(27)33-18-35-38(29,36-19-34-25(28)26(2,3)4)24(39(30,31)32)16-10-12-20-11-9-15-22(17-20)37-21-13-7-6-8-14-21/h6-9,11,13-15,17,24H,5,10,12,16,18-19H2,1-4H3,(H,30,31,32). The van der Waals surface area contributed by atoms with Gasteiger partial charge in [-0.25, -0.2) is 0 Å². The van der Waals surface area contributed by atoms with Crippen molar-refractivity contribution in [1.82, 2.24) is 0 Å². The van der Waals surface area contributed by atoms with Crippen molar-refractivity contribution in [3.8, 4) is 11.5 Å². The number of esters is 2. The maximum absolute atomic E-state index is 13.6. The summed E-state index contributed by atoms with van der Waals surface area (Å²) in [6.45, 7) is 4.47. The summed E-state index contributed by atoms with van der Waals surface area (Å²) in [5.41, 5.74) is -0.114. The molecule has 0 saturated carbocycles. The Morgan fingerprint density at radius 2 is 1.56 bits per heavy atom. The van der Waals surface area contributed by atoms with Gasteiger partial charge in [-0.2, -0.15) is 8.42 Å². The minimum Gasteiger partial charge on any atom is -0.457 e. The molecule has 216 valence electrons. The van der Waals surface area contributed by atoms with Crippen LogP contribution in [0.2, 0.25) is 0 Å². The van der Waals surface area contributed by atoms with Crippen molar-refractivity contribution in [2.24, 2.45) is 5.41 Å². The fourth-order valence-electron chi connectivity index (χ4n) is 3.18. The second-order valence-corrected chi connectivity index (χ2v) is 13.7. The molecule has 0 saturated heterocycles. The molecule has 11 nitrogen and oxygen atoms in total. The predicted molar refractivity (Wildman–Crippen MR) is 143 cm³/mol. The maximum atomic E-state index is 13.6. The minimum absolute atomic E-state index is 0.00745. The zero-order chi connectivity index (χ0) is 29.1. The number of rotatable bonds is 15. The van der Waals surface area contributed by atoms with E-state index < -0.39 is 53.6 Å². The molecule has 0 bridgehead atoms. The molecule has 2 atom stereocenters. The van der Waals surface area contributed by atoms with Gasteiger partial charge >= 0.3 is 19.5 Å². The maximum Gasteiger partial charge on any atom is 0.357 e. The molecule has 2 aromatic rings. The molecular weight excluding hydrogens is 551 g/mol. The molecule has 0 heterocycles. The van der Waals surface area contributed by atoms with Crippen molar-refractivity contribution in [3.05, 3.63) is 60.2 Å². The Kier molecular flexibility index (Phi) is 12.1. The van der Waals surface area contributed by atoms with Crippen LogP contribution in [0, 0.1) is 5.41 Å². The van der Waals surface area contributed by atoms with Gasteiger partial charge < -0.3 is 14.2 Å². The first-order valence-corrected chi connectivity index (χ1v) is 15.4. The van der Waals surface area contributed by atoms with E-state index in [1.165, 1.54) is 6.92 Å². The Morgan fingerprint density at radius 1 is 0.949 bits per heavy atom. The number of carbonyl (C=O) groups excluding carboxylic acids is 2. The van der Waals surface area contributed by atoms with Crippen molar-refractivity contribution in [1.29, 1.82) is 0 Å². The Labute approximate surface area is 229 Å². The van der Waals surface area contributed by atoms with Gasteiger partial charge in [0.25, 0.3) is 10.1 Å². The fourth-order valence-corrected chi connectivity index (χ4v) is 6.62. The molecule has 0 aliphatic carbocycles. The van der Waals surface area contributed by atoms with Crippen molar-refractivity contribution in [3.63, 3.8) is 0 Å². The first kappa shape index (κ1) is 32.5. The molecular formula is C26H35O11PS. The van der Waals surface area contributed by atoms with E-state index in [-0.39, 0.29) is 19.3 Å². The Hall–Kier alpha value is -2.76. The van der Waals surface area contributed by atoms with E-state index in [1.54, 1.807) is 51.1 Å². The molecule has 0 amide bonds. The van der Waals surface area contributed by atoms with E-state index >= 15 is 0 Å². The number of hydrogen-bond donors (Lipinski definition) is 1. The monoisotopic (exact) mass is 586 g/mol. The van der Waals surface area contributed by atoms with Crippen LogP contribution >= 0.6 is 7.60 Å². The molecule has 39 heavy (non-hydrogen) atoms. The van der Waals surface area contributed by atoms with Crippen molar-refractivity contribution in [2.75, 3.05) is 13.6 Å². The fraction of sp³-hybridized carbons (Fsp3) is 0.462. The third kappa shape index (κ3) is 11.1. The third-order valence-electron chi connectivity index (χ3n) is 5.27. The van der Waals surface area contributed by atoms with Gasteiger partial charge in [-0.1, -0.05) is 37.3 Å². The van der Waals surface area contributed by atoms with Crippen LogP contribution in [0.3, 0.4) is 0 Å². The summed E-state index contributed by atoms with van der Waals surface area (Å²) < 4.78 is 73.8. The highest BCUT2D eigenvalue weighted by Gasteiger charge is 2.45. The van der Waals surface area contributed by atoms with Gasteiger partial charge in [0.1, 0.15) is 11.5 Å². The average molecular weight is 587 g/mol. The number of benzene rings is 2. The summed E-state index contributed by atoms with van der Waals surface area (Å²) in [5, 5.41) is 0. The van der Waals surface area contributed by atoms with Gasteiger partial charge in [-0.05, 0) is 69.9 Å². The van der Waals surface area contributed by atoms with Crippen molar-refractivity contribution >= 4 is 29.7 Å². The van der Waals surface area contributed by atoms with Crippen LogP contribution in [0.25, 0.3) is 0 Å². The third-order valence-corrected chi connectivity index (χ3v) is 9.66. The Bertz CT molecular complexity index is 1240. The van der Waals surface area contributed by atoms with E-state index in [0.717, 1.165) is 5.56 Å². The van der Waals surface area contributed by atoms with Crippen LogP contribution in [0.15, 0.2) is 54.6 Å². The molecule has 0 spiro atoms. The lowest BCUT2D eigenvalue weighted by Gasteiger charge is -2.25. The SMILES string of the molecule is CCC(=O)OCOP(=O)(OCOC(=O)C(C)(C)C)C(CCCc1cccc(Oc2ccccc2)c1)S(=O)(=O)O. The predicted octanol–water partition coefficient (Wildman–Crippen LogP) is 5.70. The number of para-hydroxylation sites is 1.